The lowest BCUT2D eigenvalue weighted by Crippen LogP contribution is -1.97. The minimum Gasteiger partial charge on any atom is -0.384 e. The SMILES string of the molecule is Nc1cccc(CCc2ccc3cc[nH]c3c2)n1. The zero-order valence-electron chi connectivity index (χ0n) is 10.1. The molecule has 3 aromatic rings. The number of nitrogens with zero attached hydrogens (tertiary/aromatic N) is 1. The van der Waals surface area contributed by atoms with Crippen molar-refractivity contribution in [2.45, 2.75) is 12.8 Å². The van der Waals surface area contributed by atoms with Crippen LogP contribution in [0.25, 0.3) is 10.9 Å². The van der Waals surface area contributed by atoms with Gasteiger partial charge >= 0.3 is 0 Å². The first kappa shape index (κ1) is 10.8. The van der Waals surface area contributed by atoms with Crippen molar-refractivity contribution in [1.29, 1.82) is 0 Å². The largest absolute Gasteiger partial charge is 0.384 e. The molecule has 2 aromatic heterocycles. The fraction of sp³-hybridized carbons (Fsp3) is 0.133. The Kier molecular flexibility index (Phi) is 2.73. The zero-order chi connectivity index (χ0) is 12.4. The number of fused-ring (bicyclic) bond motifs is 1. The van der Waals surface area contributed by atoms with Crippen LogP contribution in [-0.4, -0.2) is 9.97 Å². The van der Waals surface area contributed by atoms with Crippen molar-refractivity contribution in [3.8, 4) is 0 Å². The molecule has 3 N–H and O–H groups in total. The monoisotopic (exact) mass is 237 g/mol. The number of rotatable bonds is 3. The number of hydrogen-bond donors (Lipinski definition) is 2. The van der Waals surface area contributed by atoms with Gasteiger partial charge in [-0.3, -0.25) is 0 Å². The summed E-state index contributed by atoms with van der Waals surface area (Å²) >= 11 is 0. The molecule has 0 saturated carbocycles. The van der Waals surface area contributed by atoms with Crippen molar-refractivity contribution in [3.63, 3.8) is 0 Å². The maximum Gasteiger partial charge on any atom is 0.123 e. The molecular formula is C15H15N3. The molecule has 90 valence electrons. The third-order valence-electron chi connectivity index (χ3n) is 3.12. The van der Waals surface area contributed by atoms with Crippen LogP contribution in [0.3, 0.4) is 0 Å². The molecular weight excluding hydrogens is 222 g/mol. The molecule has 0 amide bonds. The van der Waals surface area contributed by atoms with Crippen molar-refractivity contribution in [1.82, 2.24) is 9.97 Å². The number of pyridine rings is 1. The molecule has 0 bridgehead atoms. The second-order valence-electron chi connectivity index (χ2n) is 4.45. The van der Waals surface area contributed by atoms with Crippen LogP contribution in [0.15, 0.2) is 48.7 Å². The first-order chi connectivity index (χ1) is 8.81. The van der Waals surface area contributed by atoms with Crippen molar-refractivity contribution >= 4 is 16.7 Å². The highest BCUT2D eigenvalue weighted by atomic mass is 14.8. The molecule has 0 radical (unpaired) electrons. The predicted molar refractivity (Wildman–Crippen MR) is 74.4 cm³/mol. The number of nitrogen functional groups attached to an aromatic ring is 1. The third kappa shape index (κ3) is 2.20. The smallest absolute Gasteiger partial charge is 0.123 e. The van der Waals surface area contributed by atoms with Gasteiger partial charge in [0.15, 0.2) is 0 Å². The Morgan fingerprint density at radius 1 is 1.06 bits per heavy atom. The van der Waals surface area contributed by atoms with Gasteiger partial charge in [-0.2, -0.15) is 0 Å². The van der Waals surface area contributed by atoms with E-state index >= 15 is 0 Å². The van der Waals surface area contributed by atoms with Gasteiger partial charge in [-0.1, -0.05) is 18.2 Å². The number of nitrogens with one attached hydrogen (secondary N) is 1. The van der Waals surface area contributed by atoms with Crippen molar-refractivity contribution < 1.29 is 0 Å². The van der Waals surface area contributed by atoms with Crippen LogP contribution in [0.4, 0.5) is 5.82 Å². The number of H-pyrrole nitrogens is 1. The van der Waals surface area contributed by atoms with Gasteiger partial charge in [0, 0.05) is 17.4 Å². The van der Waals surface area contributed by atoms with Crippen LogP contribution < -0.4 is 5.73 Å². The second kappa shape index (κ2) is 4.53. The van der Waals surface area contributed by atoms with E-state index in [1.807, 2.05) is 24.4 Å². The van der Waals surface area contributed by atoms with E-state index in [4.69, 9.17) is 5.73 Å². The predicted octanol–water partition coefficient (Wildman–Crippen LogP) is 2.93. The standard InChI is InChI=1S/C15H15N3/c16-15-3-1-2-13(18-15)7-5-11-4-6-12-8-9-17-14(12)10-11/h1-4,6,8-10,17H,5,7H2,(H2,16,18). The van der Waals surface area contributed by atoms with Crippen molar-refractivity contribution in [2.75, 3.05) is 5.73 Å². The van der Waals surface area contributed by atoms with E-state index in [0.29, 0.717) is 5.82 Å². The van der Waals surface area contributed by atoms with E-state index in [1.165, 1.54) is 16.5 Å². The highest BCUT2D eigenvalue weighted by Crippen LogP contribution is 2.15. The minimum absolute atomic E-state index is 0.590. The molecule has 18 heavy (non-hydrogen) atoms. The highest BCUT2D eigenvalue weighted by Gasteiger charge is 2.00. The summed E-state index contributed by atoms with van der Waals surface area (Å²) in [7, 11) is 0. The molecule has 0 aliphatic rings. The molecule has 3 heteroatoms. The summed E-state index contributed by atoms with van der Waals surface area (Å²) in [4.78, 5) is 7.54. The van der Waals surface area contributed by atoms with Crippen LogP contribution in [0.1, 0.15) is 11.3 Å². The number of hydrogen-bond acceptors (Lipinski definition) is 2. The molecule has 3 rings (SSSR count). The Morgan fingerprint density at radius 3 is 2.89 bits per heavy atom. The van der Waals surface area contributed by atoms with E-state index in [-0.39, 0.29) is 0 Å². The van der Waals surface area contributed by atoms with Gasteiger partial charge in [0.2, 0.25) is 0 Å². The lowest BCUT2D eigenvalue weighted by atomic mass is 10.1. The van der Waals surface area contributed by atoms with Crippen LogP contribution in [-0.2, 0) is 12.8 Å². The van der Waals surface area contributed by atoms with Crippen molar-refractivity contribution in [3.05, 3.63) is 59.9 Å². The Bertz CT molecular complexity index is 670. The highest BCUT2D eigenvalue weighted by molar-refractivity contribution is 5.79. The quantitative estimate of drug-likeness (QED) is 0.736. The van der Waals surface area contributed by atoms with Crippen LogP contribution in [0, 0.1) is 0 Å². The maximum atomic E-state index is 5.67. The van der Waals surface area contributed by atoms with Gasteiger partial charge < -0.3 is 10.7 Å². The Morgan fingerprint density at radius 2 is 2.00 bits per heavy atom. The lowest BCUT2D eigenvalue weighted by molar-refractivity contribution is 0.918. The fourth-order valence-electron chi connectivity index (χ4n) is 2.16. The van der Waals surface area contributed by atoms with Crippen LogP contribution in [0.5, 0.6) is 0 Å². The first-order valence-corrected chi connectivity index (χ1v) is 6.09. The number of aromatic amines is 1. The van der Waals surface area contributed by atoms with Crippen molar-refractivity contribution in [2.24, 2.45) is 0 Å². The summed E-state index contributed by atoms with van der Waals surface area (Å²) in [5, 5.41) is 1.25. The van der Waals surface area contributed by atoms with Gasteiger partial charge in [0.1, 0.15) is 5.82 Å². The number of aryl methyl sites for hydroxylation is 2. The topological polar surface area (TPSA) is 54.7 Å². The summed E-state index contributed by atoms with van der Waals surface area (Å²) < 4.78 is 0. The fourth-order valence-corrected chi connectivity index (χ4v) is 2.16. The number of anilines is 1. The average molecular weight is 237 g/mol. The zero-order valence-corrected chi connectivity index (χ0v) is 10.1. The molecule has 2 heterocycles. The molecule has 0 aliphatic heterocycles. The number of aromatic nitrogens is 2. The average Bonchev–Trinajstić information content (AvgIpc) is 2.84. The van der Waals surface area contributed by atoms with Crippen LogP contribution >= 0.6 is 0 Å². The molecule has 0 saturated heterocycles. The summed E-state index contributed by atoms with van der Waals surface area (Å²) in [6.07, 6.45) is 3.86. The molecule has 0 atom stereocenters. The Balaban J connectivity index is 1.76. The van der Waals surface area contributed by atoms with Gasteiger partial charge in [-0.05, 0) is 48.1 Å². The summed E-state index contributed by atoms with van der Waals surface area (Å²) in [6, 6.07) is 14.4. The Labute approximate surface area is 106 Å². The molecule has 0 unspecified atom stereocenters. The van der Waals surface area contributed by atoms with E-state index in [9.17, 15) is 0 Å². The van der Waals surface area contributed by atoms with E-state index < -0.39 is 0 Å². The van der Waals surface area contributed by atoms with Gasteiger partial charge in [-0.25, -0.2) is 4.98 Å². The first-order valence-electron chi connectivity index (χ1n) is 6.09. The molecule has 0 aliphatic carbocycles. The van der Waals surface area contributed by atoms with Gasteiger partial charge in [-0.15, -0.1) is 0 Å². The summed E-state index contributed by atoms with van der Waals surface area (Å²) in [6.45, 7) is 0. The molecule has 0 fully saturated rings. The number of nitrogens with two attached hydrogens (primary N) is 1. The van der Waals surface area contributed by atoms with E-state index in [0.717, 1.165) is 18.5 Å². The van der Waals surface area contributed by atoms with Gasteiger partial charge in [0.25, 0.3) is 0 Å². The lowest BCUT2D eigenvalue weighted by Gasteiger charge is -2.03. The summed E-state index contributed by atoms with van der Waals surface area (Å²) in [5.74, 6) is 0.590. The Hall–Kier alpha value is -2.29. The summed E-state index contributed by atoms with van der Waals surface area (Å²) in [5.41, 5.74) is 9.22. The van der Waals surface area contributed by atoms with E-state index in [1.54, 1.807) is 0 Å². The second-order valence-corrected chi connectivity index (χ2v) is 4.45. The van der Waals surface area contributed by atoms with Gasteiger partial charge in [0.05, 0.1) is 0 Å². The minimum atomic E-state index is 0.590. The molecule has 0 spiro atoms. The third-order valence-corrected chi connectivity index (χ3v) is 3.12. The number of benzene rings is 1. The molecule has 3 nitrogen and oxygen atoms in total. The maximum absolute atomic E-state index is 5.67. The normalized spacial score (nSPS) is 10.9. The molecule has 1 aromatic carbocycles. The van der Waals surface area contributed by atoms with Crippen LogP contribution in [0.2, 0.25) is 0 Å². The van der Waals surface area contributed by atoms with E-state index in [2.05, 4.69) is 34.2 Å².